The van der Waals surface area contributed by atoms with E-state index in [1.165, 1.54) is 0 Å². The van der Waals surface area contributed by atoms with Crippen LogP contribution in [0.4, 0.5) is 5.69 Å². The first-order chi connectivity index (χ1) is 8.77. The van der Waals surface area contributed by atoms with E-state index < -0.39 is 0 Å². The highest BCUT2D eigenvalue weighted by atomic mass is 16.6. The van der Waals surface area contributed by atoms with Gasteiger partial charge in [-0.1, -0.05) is 40.7 Å². The molecule has 1 atom stereocenters. The van der Waals surface area contributed by atoms with Crippen molar-refractivity contribution in [2.24, 2.45) is 5.41 Å². The van der Waals surface area contributed by atoms with Crippen LogP contribution in [0.5, 0.6) is 5.75 Å². The van der Waals surface area contributed by atoms with E-state index in [1.807, 2.05) is 13.0 Å². The summed E-state index contributed by atoms with van der Waals surface area (Å²) in [4.78, 5) is 10.8. The summed E-state index contributed by atoms with van der Waals surface area (Å²) in [7, 11) is 0. The summed E-state index contributed by atoms with van der Waals surface area (Å²) in [6.07, 6.45) is 0.831. The summed E-state index contributed by atoms with van der Waals surface area (Å²) in [6.45, 7) is 10.9. The van der Waals surface area contributed by atoms with Crippen LogP contribution in [0, 0.1) is 15.5 Å². The molecule has 4 heteroatoms. The van der Waals surface area contributed by atoms with Crippen molar-refractivity contribution in [3.63, 3.8) is 0 Å². The second-order valence-electron chi connectivity index (χ2n) is 5.92. The zero-order valence-electron chi connectivity index (χ0n) is 12.4. The van der Waals surface area contributed by atoms with Crippen LogP contribution < -0.4 is 4.74 Å². The summed E-state index contributed by atoms with van der Waals surface area (Å²) >= 11 is 0. The van der Waals surface area contributed by atoms with Crippen molar-refractivity contribution in [2.45, 2.75) is 47.0 Å². The van der Waals surface area contributed by atoms with Gasteiger partial charge in [-0.3, -0.25) is 10.1 Å². The highest BCUT2D eigenvalue weighted by Crippen LogP contribution is 2.38. The average Bonchev–Trinajstić information content (AvgIpc) is 2.34. The molecule has 4 nitrogen and oxygen atoms in total. The minimum absolute atomic E-state index is 0.0575. The lowest BCUT2D eigenvalue weighted by atomic mass is 9.78. The molecule has 0 saturated heterocycles. The highest BCUT2D eigenvalue weighted by molar-refractivity contribution is 5.49. The molecule has 1 rings (SSSR count). The predicted octanol–water partition coefficient (Wildman–Crippen LogP) is 4.53. The summed E-state index contributed by atoms with van der Waals surface area (Å²) in [5.74, 6) is 0.600. The Morgan fingerprint density at radius 3 is 2.47 bits per heavy atom. The van der Waals surface area contributed by atoms with Gasteiger partial charge in [-0.05, 0) is 29.4 Å². The Labute approximate surface area is 114 Å². The third-order valence-corrected chi connectivity index (χ3v) is 3.44. The van der Waals surface area contributed by atoms with Crippen molar-refractivity contribution in [3.05, 3.63) is 33.9 Å². The Morgan fingerprint density at radius 2 is 2.00 bits per heavy atom. The second kappa shape index (κ2) is 6.04. The van der Waals surface area contributed by atoms with E-state index in [1.54, 1.807) is 12.1 Å². The van der Waals surface area contributed by atoms with E-state index in [4.69, 9.17) is 4.74 Å². The fourth-order valence-corrected chi connectivity index (χ4v) is 1.78. The number of hydrogen-bond donors (Lipinski definition) is 0. The molecule has 0 fully saturated rings. The summed E-state index contributed by atoms with van der Waals surface area (Å²) in [6, 6.07) is 5.28. The fraction of sp³-hybridized carbons (Fsp3) is 0.600. The quantitative estimate of drug-likeness (QED) is 0.580. The molecule has 0 N–H and O–H groups in total. The van der Waals surface area contributed by atoms with Crippen molar-refractivity contribution in [1.82, 2.24) is 0 Å². The van der Waals surface area contributed by atoms with Gasteiger partial charge in [0.05, 0.1) is 11.5 Å². The Bertz CT molecular complexity index is 449. The smallest absolute Gasteiger partial charge is 0.311 e. The van der Waals surface area contributed by atoms with E-state index >= 15 is 0 Å². The first-order valence-corrected chi connectivity index (χ1v) is 6.68. The van der Waals surface area contributed by atoms with Crippen LogP contribution in [-0.2, 0) is 0 Å². The lowest BCUT2D eigenvalue weighted by Gasteiger charge is -2.27. The zero-order valence-corrected chi connectivity index (χ0v) is 12.4. The largest absolute Gasteiger partial charge is 0.487 e. The van der Waals surface area contributed by atoms with Crippen molar-refractivity contribution in [1.29, 1.82) is 0 Å². The van der Waals surface area contributed by atoms with Crippen LogP contribution in [-0.4, -0.2) is 11.5 Å². The molecule has 0 radical (unpaired) electrons. The maximum absolute atomic E-state index is 11.1. The standard InChI is InChI=1S/C15H23NO3/c1-6-9-19-14-8-7-12(10-13(14)16(17)18)11(2)15(3,4)5/h7-8,10-11H,6,9H2,1-5H3. The number of rotatable bonds is 5. The monoisotopic (exact) mass is 265 g/mol. The minimum atomic E-state index is -0.371. The topological polar surface area (TPSA) is 52.4 Å². The average molecular weight is 265 g/mol. The number of nitro benzene ring substituents is 1. The van der Waals surface area contributed by atoms with E-state index in [0.717, 1.165) is 12.0 Å². The maximum Gasteiger partial charge on any atom is 0.311 e. The molecule has 1 aromatic carbocycles. The van der Waals surface area contributed by atoms with Gasteiger partial charge in [0, 0.05) is 6.07 Å². The third-order valence-electron chi connectivity index (χ3n) is 3.44. The molecular formula is C15H23NO3. The van der Waals surface area contributed by atoms with Crippen LogP contribution in [0.1, 0.15) is 52.5 Å². The van der Waals surface area contributed by atoms with E-state index in [-0.39, 0.29) is 21.9 Å². The summed E-state index contributed by atoms with van der Waals surface area (Å²) in [5.41, 5.74) is 1.10. The van der Waals surface area contributed by atoms with Gasteiger partial charge in [0.25, 0.3) is 0 Å². The molecular weight excluding hydrogens is 242 g/mol. The Balaban J connectivity index is 3.12. The molecule has 0 bridgehead atoms. The molecule has 0 amide bonds. The van der Waals surface area contributed by atoms with E-state index in [2.05, 4.69) is 27.7 Å². The van der Waals surface area contributed by atoms with Gasteiger partial charge < -0.3 is 4.74 Å². The lowest BCUT2D eigenvalue weighted by Crippen LogP contribution is -2.15. The number of nitro groups is 1. The Hall–Kier alpha value is -1.58. The number of nitrogens with zero attached hydrogens (tertiary/aromatic N) is 1. The second-order valence-corrected chi connectivity index (χ2v) is 5.92. The molecule has 0 aliphatic rings. The van der Waals surface area contributed by atoms with Crippen molar-refractivity contribution in [2.75, 3.05) is 6.61 Å². The highest BCUT2D eigenvalue weighted by Gasteiger charge is 2.25. The zero-order chi connectivity index (χ0) is 14.6. The molecule has 0 saturated carbocycles. The first-order valence-electron chi connectivity index (χ1n) is 6.68. The normalized spacial score (nSPS) is 13.1. The SMILES string of the molecule is CCCOc1ccc(C(C)C(C)(C)C)cc1[N+](=O)[O-]. The molecule has 0 heterocycles. The molecule has 1 unspecified atom stereocenters. The van der Waals surface area contributed by atoms with Gasteiger partial charge in [-0.2, -0.15) is 0 Å². The van der Waals surface area contributed by atoms with Crippen molar-refractivity contribution >= 4 is 5.69 Å². The fourth-order valence-electron chi connectivity index (χ4n) is 1.78. The van der Waals surface area contributed by atoms with E-state index in [9.17, 15) is 10.1 Å². The minimum Gasteiger partial charge on any atom is -0.487 e. The van der Waals surface area contributed by atoms with Crippen LogP contribution in [0.3, 0.4) is 0 Å². The molecule has 0 aliphatic heterocycles. The van der Waals surface area contributed by atoms with Crippen molar-refractivity contribution < 1.29 is 9.66 Å². The molecule has 1 aromatic rings. The van der Waals surface area contributed by atoms with Crippen LogP contribution in [0.15, 0.2) is 18.2 Å². The number of benzene rings is 1. The van der Waals surface area contributed by atoms with Gasteiger partial charge in [0.15, 0.2) is 5.75 Å². The molecule has 0 aromatic heterocycles. The summed E-state index contributed by atoms with van der Waals surface area (Å²) < 4.78 is 5.43. The number of ether oxygens (including phenoxy) is 1. The van der Waals surface area contributed by atoms with Gasteiger partial charge in [0.1, 0.15) is 0 Å². The van der Waals surface area contributed by atoms with Gasteiger partial charge in [-0.25, -0.2) is 0 Å². The first kappa shape index (κ1) is 15.5. The predicted molar refractivity (Wildman–Crippen MR) is 76.8 cm³/mol. The van der Waals surface area contributed by atoms with Crippen LogP contribution >= 0.6 is 0 Å². The number of hydrogen-bond acceptors (Lipinski definition) is 3. The maximum atomic E-state index is 11.1. The van der Waals surface area contributed by atoms with Gasteiger partial charge in [0.2, 0.25) is 0 Å². The van der Waals surface area contributed by atoms with Gasteiger partial charge >= 0.3 is 5.69 Å². The molecule has 106 valence electrons. The van der Waals surface area contributed by atoms with Gasteiger partial charge in [-0.15, -0.1) is 0 Å². The molecule has 0 aliphatic carbocycles. The lowest BCUT2D eigenvalue weighted by molar-refractivity contribution is -0.385. The molecule has 0 spiro atoms. The van der Waals surface area contributed by atoms with Crippen molar-refractivity contribution in [3.8, 4) is 5.75 Å². The Morgan fingerprint density at radius 1 is 1.37 bits per heavy atom. The van der Waals surface area contributed by atoms with Crippen LogP contribution in [0.25, 0.3) is 0 Å². The summed E-state index contributed by atoms with van der Waals surface area (Å²) in [5, 5.41) is 11.1. The molecule has 19 heavy (non-hydrogen) atoms. The Kier molecular flexibility index (Phi) is 4.92. The third kappa shape index (κ3) is 3.94. The van der Waals surface area contributed by atoms with E-state index in [0.29, 0.717) is 12.4 Å². The van der Waals surface area contributed by atoms with Crippen LogP contribution in [0.2, 0.25) is 0 Å².